The first kappa shape index (κ1) is 14.5. The van der Waals surface area contributed by atoms with Gasteiger partial charge in [0.2, 0.25) is 17.9 Å². The number of carbonyl (C=O) groups is 2. The monoisotopic (exact) mass is 299 g/mol. The zero-order valence-corrected chi connectivity index (χ0v) is 12.4. The lowest BCUT2D eigenvalue weighted by Crippen LogP contribution is -2.53. The van der Waals surface area contributed by atoms with Crippen molar-refractivity contribution in [2.24, 2.45) is 4.99 Å². The van der Waals surface area contributed by atoms with Crippen molar-refractivity contribution in [2.75, 3.05) is 25.0 Å². The highest BCUT2D eigenvalue weighted by Crippen LogP contribution is 2.48. The number of isocyanates is 1. The lowest BCUT2D eigenvalue weighted by molar-refractivity contribution is -0.143. The zero-order chi connectivity index (χ0) is 15.7. The van der Waals surface area contributed by atoms with Crippen LogP contribution in [0.4, 0.5) is 5.69 Å². The van der Waals surface area contributed by atoms with E-state index in [0.29, 0.717) is 0 Å². The Morgan fingerprint density at radius 1 is 1.14 bits per heavy atom. The third-order valence-corrected chi connectivity index (χ3v) is 4.59. The summed E-state index contributed by atoms with van der Waals surface area (Å²) in [4.78, 5) is 41.6. The topological polar surface area (TPSA) is 70.1 Å². The molecule has 22 heavy (non-hydrogen) atoms. The van der Waals surface area contributed by atoms with Crippen molar-refractivity contribution in [2.45, 2.75) is 24.8 Å². The molecule has 0 bridgehead atoms. The second-order valence-corrected chi connectivity index (χ2v) is 5.81. The number of amides is 2. The highest BCUT2D eigenvalue weighted by atomic mass is 16.2. The molecule has 2 fully saturated rings. The number of benzene rings is 1. The van der Waals surface area contributed by atoms with Gasteiger partial charge in [0.05, 0.1) is 13.1 Å². The molecule has 0 atom stereocenters. The Balaban J connectivity index is 2.00. The summed E-state index contributed by atoms with van der Waals surface area (Å²) >= 11 is 0. The van der Waals surface area contributed by atoms with Crippen LogP contribution >= 0.6 is 0 Å². The molecule has 0 spiro atoms. The average molecular weight is 299 g/mol. The molecule has 1 heterocycles. The minimum Gasteiger partial charge on any atom is -0.353 e. The molecule has 114 valence electrons. The fourth-order valence-corrected chi connectivity index (χ4v) is 3.09. The third-order valence-electron chi connectivity index (χ3n) is 4.59. The molecule has 1 saturated heterocycles. The SMILES string of the molecule is CN1C(=O)CN(c2ccccc2C2(N=C=O)CCC2)CC1=O. The van der Waals surface area contributed by atoms with Crippen LogP contribution in [-0.4, -0.2) is 42.9 Å². The summed E-state index contributed by atoms with van der Waals surface area (Å²) in [6.45, 7) is 0.306. The molecule has 1 aromatic carbocycles. The number of imide groups is 1. The van der Waals surface area contributed by atoms with E-state index in [9.17, 15) is 14.4 Å². The molecule has 0 aromatic heterocycles. The molecule has 2 amide bonds. The molecule has 0 radical (unpaired) electrons. The van der Waals surface area contributed by atoms with E-state index in [0.717, 1.165) is 35.4 Å². The van der Waals surface area contributed by atoms with Crippen LogP contribution in [0.5, 0.6) is 0 Å². The van der Waals surface area contributed by atoms with Crippen molar-refractivity contribution in [1.29, 1.82) is 0 Å². The first-order valence-electron chi connectivity index (χ1n) is 7.30. The maximum Gasteiger partial charge on any atom is 0.248 e. The second-order valence-electron chi connectivity index (χ2n) is 5.81. The van der Waals surface area contributed by atoms with Crippen molar-refractivity contribution < 1.29 is 14.4 Å². The van der Waals surface area contributed by atoms with Crippen LogP contribution in [0.25, 0.3) is 0 Å². The fourth-order valence-electron chi connectivity index (χ4n) is 3.09. The Bertz CT molecular complexity index is 657. The molecule has 2 aliphatic rings. The lowest BCUT2D eigenvalue weighted by atomic mass is 9.71. The summed E-state index contributed by atoms with van der Waals surface area (Å²) in [5, 5.41) is 0. The zero-order valence-electron chi connectivity index (χ0n) is 12.4. The van der Waals surface area contributed by atoms with Gasteiger partial charge in [-0.25, -0.2) is 4.79 Å². The summed E-state index contributed by atoms with van der Waals surface area (Å²) in [7, 11) is 1.50. The van der Waals surface area contributed by atoms with Crippen molar-refractivity contribution >= 4 is 23.6 Å². The van der Waals surface area contributed by atoms with Crippen LogP contribution in [-0.2, 0) is 19.9 Å². The Kier molecular flexibility index (Phi) is 3.54. The molecule has 3 rings (SSSR count). The van der Waals surface area contributed by atoms with Gasteiger partial charge in [-0.2, -0.15) is 4.99 Å². The molecule has 6 nitrogen and oxygen atoms in total. The maximum absolute atomic E-state index is 11.9. The summed E-state index contributed by atoms with van der Waals surface area (Å²) < 4.78 is 0. The van der Waals surface area contributed by atoms with Crippen LogP contribution in [0, 0.1) is 0 Å². The predicted molar refractivity (Wildman–Crippen MR) is 80.1 cm³/mol. The third kappa shape index (κ3) is 2.22. The normalized spacial score (nSPS) is 20.4. The molecular weight excluding hydrogens is 282 g/mol. The maximum atomic E-state index is 11.9. The van der Waals surface area contributed by atoms with E-state index in [1.54, 1.807) is 11.0 Å². The van der Waals surface area contributed by atoms with Crippen molar-refractivity contribution in [3.05, 3.63) is 29.8 Å². The average Bonchev–Trinajstić information content (AvgIpc) is 2.48. The smallest absolute Gasteiger partial charge is 0.248 e. The van der Waals surface area contributed by atoms with Gasteiger partial charge in [0.1, 0.15) is 5.54 Å². The number of hydrogen-bond donors (Lipinski definition) is 0. The Morgan fingerprint density at radius 2 is 1.77 bits per heavy atom. The highest BCUT2D eigenvalue weighted by Gasteiger charge is 2.42. The summed E-state index contributed by atoms with van der Waals surface area (Å²) in [5.41, 5.74) is 1.15. The number of carbonyl (C=O) groups excluding carboxylic acids is 3. The number of nitrogens with zero attached hydrogens (tertiary/aromatic N) is 3. The number of piperazine rings is 1. The van der Waals surface area contributed by atoms with Crippen molar-refractivity contribution in [1.82, 2.24) is 4.90 Å². The van der Waals surface area contributed by atoms with E-state index in [2.05, 4.69) is 4.99 Å². The largest absolute Gasteiger partial charge is 0.353 e. The number of hydrogen-bond acceptors (Lipinski definition) is 5. The van der Waals surface area contributed by atoms with E-state index in [1.165, 1.54) is 7.05 Å². The number of aliphatic imine (C=N–C) groups is 1. The van der Waals surface area contributed by atoms with Crippen LogP contribution in [0.1, 0.15) is 24.8 Å². The van der Waals surface area contributed by atoms with Gasteiger partial charge < -0.3 is 4.90 Å². The van der Waals surface area contributed by atoms with Gasteiger partial charge in [-0.3, -0.25) is 14.5 Å². The van der Waals surface area contributed by atoms with Gasteiger partial charge in [-0.05, 0) is 25.3 Å². The molecule has 0 unspecified atom stereocenters. The summed E-state index contributed by atoms with van der Waals surface area (Å²) in [6.07, 6.45) is 4.25. The molecule has 1 aromatic rings. The number of likely N-dealkylation sites (N-methyl/N-ethyl adjacent to an activating group) is 1. The van der Waals surface area contributed by atoms with Gasteiger partial charge in [0.25, 0.3) is 0 Å². The summed E-state index contributed by atoms with van der Waals surface area (Å²) in [6, 6.07) is 7.55. The van der Waals surface area contributed by atoms with Crippen LogP contribution in [0.3, 0.4) is 0 Å². The molecule has 0 N–H and O–H groups in total. The quantitative estimate of drug-likeness (QED) is 0.478. The van der Waals surface area contributed by atoms with E-state index in [-0.39, 0.29) is 24.9 Å². The van der Waals surface area contributed by atoms with Gasteiger partial charge >= 0.3 is 0 Å². The van der Waals surface area contributed by atoms with Gasteiger partial charge in [-0.15, -0.1) is 0 Å². The molecular formula is C16H17N3O3. The summed E-state index contributed by atoms with van der Waals surface area (Å²) in [5.74, 6) is -0.458. The molecule has 6 heteroatoms. The standard InChI is InChI=1S/C16H17N3O3/c1-18-14(21)9-19(10-15(18)22)13-6-3-2-5-12(13)16(17-11-20)7-4-8-16/h2-3,5-6H,4,7-10H2,1H3. The molecule has 1 aliphatic carbocycles. The first-order chi connectivity index (χ1) is 10.6. The van der Waals surface area contributed by atoms with E-state index in [1.807, 2.05) is 24.3 Å². The van der Waals surface area contributed by atoms with Crippen LogP contribution in [0.2, 0.25) is 0 Å². The van der Waals surface area contributed by atoms with Gasteiger partial charge in [0.15, 0.2) is 0 Å². The first-order valence-corrected chi connectivity index (χ1v) is 7.30. The molecule has 1 aliphatic heterocycles. The van der Waals surface area contributed by atoms with E-state index in [4.69, 9.17) is 0 Å². The fraction of sp³-hybridized carbons (Fsp3) is 0.438. The highest BCUT2D eigenvalue weighted by molar-refractivity contribution is 6.02. The van der Waals surface area contributed by atoms with Gasteiger partial charge in [0, 0.05) is 18.3 Å². The minimum atomic E-state index is -0.548. The van der Waals surface area contributed by atoms with Crippen LogP contribution < -0.4 is 4.90 Å². The molecule has 1 saturated carbocycles. The van der Waals surface area contributed by atoms with Crippen LogP contribution in [0.15, 0.2) is 29.3 Å². The Hall–Kier alpha value is -2.46. The Morgan fingerprint density at radius 3 is 2.32 bits per heavy atom. The van der Waals surface area contributed by atoms with E-state index < -0.39 is 5.54 Å². The second kappa shape index (κ2) is 5.39. The number of para-hydroxylation sites is 1. The Labute approximate surface area is 128 Å². The van der Waals surface area contributed by atoms with Crippen molar-refractivity contribution in [3.8, 4) is 0 Å². The number of anilines is 1. The lowest BCUT2D eigenvalue weighted by Gasteiger charge is -2.41. The predicted octanol–water partition coefficient (Wildman–Crippen LogP) is 1.21. The van der Waals surface area contributed by atoms with E-state index >= 15 is 0 Å². The van der Waals surface area contributed by atoms with Crippen molar-refractivity contribution in [3.63, 3.8) is 0 Å². The minimum absolute atomic E-state index is 0.153. The van der Waals surface area contributed by atoms with Gasteiger partial charge in [-0.1, -0.05) is 18.2 Å². The number of rotatable bonds is 3.